The van der Waals surface area contributed by atoms with Crippen molar-refractivity contribution in [1.82, 2.24) is 10.6 Å². The van der Waals surface area contributed by atoms with Crippen LogP contribution in [0.1, 0.15) is 10.4 Å². The van der Waals surface area contributed by atoms with E-state index in [-0.39, 0.29) is 5.91 Å². The lowest BCUT2D eigenvalue weighted by molar-refractivity contribution is 0.0930. The average Bonchev–Trinajstić information content (AvgIpc) is 2.33. The zero-order valence-corrected chi connectivity index (χ0v) is 13.7. The Morgan fingerprint density at radius 3 is 2.42 bits per heavy atom. The fraction of sp³-hybridized carbons (Fsp3) is 0.250. The van der Waals surface area contributed by atoms with Crippen LogP contribution in [0.2, 0.25) is 0 Å². The minimum Gasteiger partial charge on any atom is -0.333 e. The van der Waals surface area contributed by atoms with Crippen molar-refractivity contribution in [2.75, 3.05) is 6.54 Å². The highest BCUT2D eigenvalue weighted by Crippen LogP contribution is 2.29. The van der Waals surface area contributed by atoms with Crippen LogP contribution in [0.4, 0.5) is 0 Å². The van der Waals surface area contributed by atoms with Crippen molar-refractivity contribution in [2.45, 2.75) is 9.96 Å². The van der Waals surface area contributed by atoms with E-state index in [1.807, 2.05) is 0 Å². The molecule has 0 aliphatic rings. The maximum Gasteiger partial charge on any atom is 0.252 e. The molecule has 0 heterocycles. The van der Waals surface area contributed by atoms with Crippen molar-refractivity contribution in [2.24, 2.45) is 0 Å². The lowest BCUT2D eigenvalue weighted by Gasteiger charge is -2.26. The zero-order valence-electron chi connectivity index (χ0n) is 9.80. The number of hydrogen-bond acceptors (Lipinski definition) is 2. The van der Waals surface area contributed by atoms with Gasteiger partial charge in [0.05, 0.1) is 0 Å². The molecule has 0 spiro atoms. The summed E-state index contributed by atoms with van der Waals surface area (Å²) in [5, 5.41) is 5.48. The monoisotopic (exact) mass is 384 g/mol. The summed E-state index contributed by atoms with van der Waals surface area (Å²) in [5.41, 5.74) is 0.475. The molecule has 0 aromatic heterocycles. The van der Waals surface area contributed by atoms with E-state index in [1.165, 1.54) is 0 Å². The molecule has 2 N–H and O–H groups in total. The van der Waals surface area contributed by atoms with E-state index in [4.69, 9.17) is 34.8 Å². The first-order valence-corrected chi connectivity index (χ1v) is 7.24. The van der Waals surface area contributed by atoms with Gasteiger partial charge in [-0.15, -0.1) is 6.58 Å². The Kier molecular flexibility index (Phi) is 6.63. The molecule has 1 aromatic rings. The zero-order chi connectivity index (χ0) is 14.5. The second-order valence-electron chi connectivity index (χ2n) is 3.65. The smallest absolute Gasteiger partial charge is 0.252 e. The van der Waals surface area contributed by atoms with Gasteiger partial charge >= 0.3 is 0 Å². The van der Waals surface area contributed by atoms with Crippen molar-refractivity contribution >= 4 is 56.6 Å². The van der Waals surface area contributed by atoms with E-state index in [1.54, 1.807) is 30.3 Å². The SMILES string of the molecule is C=CCNC(NC(=O)c1ccc(Br)cc1)C(Cl)(Cl)Cl. The number of nitrogens with one attached hydrogen (secondary N) is 2. The topological polar surface area (TPSA) is 41.1 Å². The summed E-state index contributed by atoms with van der Waals surface area (Å²) >= 11 is 20.7. The fourth-order valence-corrected chi connectivity index (χ4v) is 1.92. The Hall–Kier alpha value is -0.260. The van der Waals surface area contributed by atoms with Gasteiger partial charge in [-0.2, -0.15) is 0 Å². The molecule has 0 bridgehead atoms. The van der Waals surface area contributed by atoms with Crippen LogP contribution in [-0.4, -0.2) is 22.4 Å². The summed E-state index contributed by atoms with van der Waals surface area (Å²) < 4.78 is -0.777. The van der Waals surface area contributed by atoms with E-state index in [2.05, 4.69) is 33.1 Å². The maximum absolute atomic E-state index is 12.0. The molecule has 0 aliphatic heterocycles. The van der Waals surface area contributed by atoms with Crippen molar-refractivity contribution in [3.8, 4) is 0 Å². The van der Waals surface area contributed by atoms with Crippen molar-refractivity contribution in [3.05, 3.63) is 47.0 Å². The molecule has 0 saturated heterocycles. The third-order valence-corrected chi connectivity index (χ3v) is 3.36. The average molecular weight is 387 g/mol. The van der Waals surface area contributed by atoms with Gasteiger partial charge in [0, 0.05) is 16.6 Å². The standard InChI is InChI=1S/C12H12BrCl3N2O/c1-2-7-17-11(12(14,15)16)18-10(19)8-3-5-9(13)6-4-8/h2-6,11,17H,1,7H2,(H,18,19). The molecule has 0 radical (unpaired) electrons. The normalized spacial score (nSPS) is 12.8. The van der Waals surface area contributed by atoms with Crippen LogP contribution < -0.4 is 10.6 Å². The minimum atomic E-state index is -1.66. The van der Waals surface area contributed by atoms with Crippen LogP contribution >= 0.6 is 50.7 Å². The summed E-state index contributed by atoms with van der Waals surface area (Å²) in [4.78, 5) is 12.0. The molecule has 1 atom stereocenters. The Balaban J connectivity index is 2.75. The first kappa shape index (κ1) is 16.8. The molecule has 3 nitrogen and oxygen atoms in total. The third-order valence-electron chi connectivity index (χ3n) is 2.18. The van der Waals surface area contributed by atoms with Gasteiger partial charge in [0.25, 0.3) is 5.91 Å². The fourth-order valence-electron chi connectivity index (χ4n) is 1.27. The number of hydrogen-bond donors (Lipinski definition) is 2. The summed E-state index contributed by atoms with van der Waals surface area (Å²) in [6.45, 7) is 3.95. The molecule has 1 amide bonds. The first-order chi connectivity index (χ1) is 8.84. The second kappa shape index (κ2) is 7.50. The number of benzene rings is 1. The number of carbonyl (C=O) groups excluding carboxylic acids is 1. The first-order valence-electron chi connectivity index (χ1n) is 5.32. The van der Waals surface area contributed by atoms with Crippen LogP contribution in [0.15, 0.2) is 41.4 Å². The molecule has 7 heteroatoms. The lowest BCUT2D eigenvalue weighted by Crippen LogP contribution is -2.53. The molecule has 0 fully saturated rings. The minimum absolute atomic E-state index is 0.333. The largest absolute Gasteiger partial charge is 0.333 e. The Labute approximate surface area is 135 Å². The van der Waals surface area contributed by atoms with E-state index in [0.717, 1.165) is 4.47 Å². The number of carbonyl (C=O) groups is 1. The van der Waals surface area contributed by atoms with E-state index in [9.17, 15) is 4.79 Å². The van der Waals surface area contributed by atoms with Gasteiger partial charge in [0.2, 0.25) is 3.79 Å². The summed E-state index contributed by atoms with van der Waals surface area (Å²) in [7, 11) is 0. The van der Waals surface area contributed by atoms with Crippen LogP contribution in [0.5, 0.6) is 0 Å². The second-order valence-corrected chi connectivity index (χ2v) is 6.94. The van der Waals surface area contributed by atoms with Crippen LogP contribution in [0, 0.1) is 0 Å². The van der Waals surface area contributed by atoms with E-state index < -0.39 is 9.96 Å². The van der Waals surface area contributed by atoms with Gasteiger partial charge < -0.3 is 5.32 Å². The maximum atomic E-state index is 12.0. The predicted molar refractivity (Wildman–Crippen MR) is 83.9 cm³/mol. The number of rotatable bonds is 5. The predicted octanol–water partition coefficient (Wildman–Crippen LogP) is 3.65. The van der Waals surface area contributed by atoms with Gasteiger partial charge in [-0.3, -0.25) is 10.1 Å². The van der Waals surface area contributed by atoms with Crippen molar-refractivity contribution in [3.63, 3.8) is 0 Å². The molecule has 0 aliphatic carbocycles. The molecule has 1 unspecified atom stereocenters. The molecule has 19 heavy (non-hydrogen) atoms. The molecule has 1 aromatic carbocycles. The third kappa shape index (κ3) is 5.71. The Morgan fingerprint density at radius 1 is 1.37 bits per heavy atom. The van der Waals surface area contributed by atoms with Gasteiger partial charge in [0.15, 0.2) is 0 Å². The van der Waals surface area contributed by atoms with Gasteiger partial charge in [-0.25, -0.2) is 0 Å². The molecular weight excluding hydrogens is 374 g/mol. The summed E-state index contributed by atoms with van der Waals surface area (Å²) in [6.07, 6.45) is 0.793. The van der Waals surface area contributed by atoms with Crippen LogP contribution in [0.25, 0.3) is 0 Å². The number of halogens is 4. The summed E-state index contributed by atoms with van der Waals surface area (Å²) in [6, 6.07) is 6.86. The molecule has 0 saturated carbocycles. The van der Waals surface area contributed by atoms with Crippen LogP contribution in [0.3, 0.4) is 0 Å². The van der Waals surface area contributed by atoms with Gasteiger partial charge in [-0.05, 0) is 24.3 Å². The van der Waals surface area contributed by atoms with Crippen molar-refractivity contribution < 1.29 is 4.79 Å². The molecule has 1 rings (SSSR count). The highest BCUT2D eigenvalue weighted by Gasteiger charge is 2.33. The molecular formula is C12H12BrCl3N2O. The number of alkyl halides is 3. The van der Waals surface area contributed by atoms with Gasteiger partial charge in [-0.1, -0.05) is 56.8 Å². The summed E-state index contributed by atoms with van der Waals surface area (Å²) in [5.74, 6) is -0.333. The van der Waals surface area contributed by atoms with Gasteiger partial charge in [0.1, 0.15) is 6.17 Å². The Bertz CT molecular complexity index is 445. The van der Waals surface area contributed by atoms with Crippen molar-refractivity contribution in [1.29, 1.82) is 0 Å². The van der Waals surface area contributed by atoms with E-state index in [0.29, 0.717) is 12.1 Å². The quantitative estimate of drug-likeness (QED) is 0.461. The highest BCUT2D eigenvalue weighted by molar-refractivity contribution is 9.10. The number of amides is 1. The Morgan fingerprint density at radius 2 is 1.95 bits per heavy atom. The lowest BCUT2D eigenvalue weighted by atomic mass is 10.2. The molecule has 104 valence electrons. The van der Waals surface area contributed by atoms with E-state index >= 15 is 0 Å². The highest BCUT2D eigenvalue weighted by atomic mass is 79.9. The van der Waals surface area contributed by atoms with Crippen LogP contribution in [-0.2, 0) is 0 Å².